The molecule has 2 aromatic rings. The number of carboxylic acids is 1. The van der Waals surface area contributed by atoms with Crippen molar-refractivity contribution < 1.29 is 54.7 Å². The summed E-state index contributed by atoms with van der Waals surface area (Å²) in [5, 5.41) is 12.5. The molecule has 0 saturated heterocycles. The van der Waals surface area contributed by atoms with E-state index in [-0.39, 0.29) is 13.2 Å². The lowest BCUT2D eigenvalue weighted by atomic mass is 10.1. The maximum Gasteiger partial charge on any atom is 0.573 e. The number of carbonyl (C=O) groups is 1. The first kappa shape index (κ1) is 25.7. The van der Waals surface area contributed by atoms with Crippen LogP contribution in [-0.4, -0.2) is 46.5 Å². The highest BCUT2D eigenvalue weighted by molar-refractivity contribution is 7.55. The lowest BCUT2D eigenvalue weighted by Crippen LogP contribution is -2.26. The van der Waals surface area contributed by atoms with Crippen molar-refractivity contribution >= 4 is 13.6 Å². The number of aliphatic carboxylic acids is 1. The maximum atomic E-state index is 14.7. The maximum absolute atomic E-state index is 14.7. The Labute approximate surface area is 178 Å². The van der Waals surface area contributed by atoms with Gasteiger partial charge < -0.3 is 23.4 Å². The summed E-state index contributed by atoms with van der Waals surface area (Å²) in [7, 11) is -4.18. The molecular formula is C17H18F5N2O7P. The smallest absolute Gasteiger partial charge is 0.481 e. The summed E-state index contributed by atoms with van der Waals surface area (Å²) >= 11 is 0. The molecule has 1 heterocycles. The predicted octanol–water partition coefficient (Wildman–Crippen LogP) is 4.37. The largest absolute Gasteiger partial charge is 0.573 e. The van der Waals surface area contributed by atoms with Crippen molar-refractivity contribution in [2.45, 2.75) is 38.2 Å². The highest BCUT2D eigenvalue weighted by Gasteiger charge is 2.44. The molecule has 1 unspecified atom stereocenters. The molecule has 0 saturated carbocycles. The Morgan fingerprint density at radius 1 is 1.12 bits per heavy atom. The van der Waals surface area contributed by atoms with Gasteiger partial charge in [-0.05, 0) is 38.1 Å². The minimum atomic E-state index is -4.99. The Bertz CT molecular complexity index is 955. The van der Waals surface area contributed by atoms with E-state index < -0.39 is 61.0 Å². The van der Waals surface area contributed by atoms with Crippen LogP contribution in [0.25, 0.3) is 0 Å². The van der Waals surface area contributed by atoms with Gasteiger partial charge in [-0.15, -0.1) is 13.2 Å². The van der Waals surface area contributed by atoms with E-state index >= 15 is 0 Å². The molecule has 32 heavy (non-hydrogen) atoms. The fourth-order valence-electron chi connectivity index (χ4n) is 2.54. The van der Waals surface area contributed by atoms with Gasteiger partial charge in [-0.3, -0.25) is 9.36 Å². The van der Waals surface area contributed by atoms with Crippen LogP contribution in [0.4, 0.5) is 22.0 Å². The zero-order valence-corrected chi connectivity index (χ0v) is 17.5. The van der Waals surface area contributed by atoms with Crippen LogP contribution in [0.1, 0.15) is 31.1 Å². The lowest BCUT2D eigenvalue weighted by molar-refractivity contribution is -0.274. The molecule has 1 atom stereocenters. The van der Waals surface area contributed by atoms with Gasteiger partial charge in [0.1, 0.15) is 5.75 Å². The van der Waals surface area contributed by atoms with E-state index in [0.29, 0.717) is 24.3 Å². The fraction of sp³-hybridized carbons (Fsp3) is 0.471. The summed E-state index contributed by atoms with van der Waals surface area (Å²) in [4.78, 5) is 15.1. The van der Waals surface area contributed by atoms with Crippen molar-refractivity contribution in [1.82, 2.24) is 10.1 Å². The van der Waals surface area contributed by atoms with Crippen molar-refractivity contribution in [1.29, 1.82) is 0 Å². The van der Waals surface area contributed by atoms with E-state index in [1.165, 1.54) is 13.8 Å². The van der Waals surface area contributed by atoms with E-state index in [1.807, 2.05) is 0 Å². The molecule has 1 aromatic heterocycles. The van der Waals surface area contributed by atoms with Gasteiger partial charge in [0.15, 0.2) is 5.66 Å². The number of hydrogen-bond donors (Lipinski definition) is 1. The third-order valence-corrected chi connectivity index (χ3v) is 6.26. The predicted molar refractivity (Wildman–Crippen MR) is 96.4 cm³/mol. The molecule has 0 spiro atoms. The highest BCUT2D eigenvalue weighted by Crippen LogP contribution is 2.54. The average Bonchev–Trinajstić information content (AvgIpc) is 3.15. The molecule has 0 aliphatic rings. The summed E-state index contributed by atoms with van der Waals surface area (Å²) in [6, 6.07) is 2.71. The Hall–Kier alpha value is -2.57. The first-order valence-corrected chi connectivity index (χ1v) is 10.6. The topological polar surface area (TPSA) is 121 Å². The second-order valence-corrected chi connectivity index (χ2v) is 8.31. The minimum absolute atomic E-state index is 0.137. The SMILES string of the molecule is CCOP(=O)(OCC)C(Cc1nc(C(F)(F)c2ccc(OC(F)(F)F)cc2)no1)C(=O)O. The summed E-state index contributed by atoms with van der Waals surface area (Å²) in [6.45, 7) is 2.65. The normalized spacial score (nSPS) is 13.7. The van der Waals surface area contributed by atoms with Crippen LogP contribution in [0.2, 0.25) is 0 Å². The van der Waals surface area contributed by atoms with Gasteiger partial charge in [-0.1, -0.05) is 5.16 Å². The van der Waals surface area contributed by atoms with Crippen molar-refractivity contribution in [2.24, 2.45) is 0 Å². The first-order valence-electron chi connectivity index (χ1n) is 9.01. The number of alkyl halides is 5. The highest BCUT2D eigenvalue weighted by atomic mass is 31.2. The van der Waals surface area contributed by atoms with Crippen LogP contribution in [0.3, 0.4) is 0 Å². The van der Waals surface area contributed by atoms with Crippen molar-refractivity contribution in [2.75, 3.05) is 13.2 Å². The van der Waals surface area contributed by atoms with Crippen LogP contribution < -0.4 is 4.74 Å². The molecule has 0 amide bonds. The Morgan fingerprint density at radius 3 is 2.16 bits per heavy atom. The summed E-state index contributed by atoms with van der Waals surface area (Å²) in [5.74, 6) is -7.96. The van der Waals surface area contributed by atoms with Gasteiger partial charge >= 0.3 is 25.8 Å². The second-order valence-electron chi connectivity index (χ2n) is 6.09. The summed E-state index contributed by atoms with van der Waals surface area (Å²) < 4.78 is 97.0. The number of carboxylic acid groups (broad SMARTS) is 1. The minimum Gasteiger partial charge on any atom is -0.481 e. The Kier molecular flexibility index (Phi) is 7.97. The van der Waals surface area contributed by atoms with Crippen molar-refractivity contribution in [3.63, 3.8) is 0 Å². The number of nitrogens with zero attached hydrogens (tertiary/aromatic N) is 2. The van der Waals surface area contributed by atoms with Crippen molar-refractivity contribution in [3.05, 3.63) is 41.5 Å². The van der Waals surface area contributed by atoms with Crippen LogP contribution >= 0.6 is 7.60 Å². The zero-order valence-electron chi connectivity index (χ0n) is 16.6. The molecule has 1 aromatic carbocycles. The van der Waals surface area contributed by atoms with E-state index in [9.17, 15) is 36.4 Å². The summed E-state index contributed by atoms with van der Waals surface area (Å²) in [5.41, 5.74) is -2.58. The number of rotatable bonds is 11. The van der Waals surface area contributed by atoms with Gasteiger partial charge in [0.25, 0.3) is 0 Å². The van der Waals surface area contributed by atoms with Crippen LogP contribution in [0.5, 0.6) is 5.75 Å². The molecule has 9 nitrogen and oxygen atoms in total. The van der Waals surface area contributed by atoms with Gasteiger partial charge in [-0.2, -0.15) is 13.8 Å². The average molecular weight is 488 g/mol. The molecule has 1 N–H and O–H groups in total. The standard InChI is InChI=1S/C17H18F5N2O7P/c1-3-28-32(27,29-4-2)12(14(25)26)9-13-23-15(24-31-13)16(18,19)10-5-7-11(8-6-10)30-17(20,21)22/h5-8,12H,3-4,9H2,1-2H3,(H,25,26). The van der Waals surface area contributed by atoms with Crippen LogP contribution in [-0.2, 0) is 30.8 Å². The van der Waals surface area contributed by atoms with Gasteiger partial charge in [0.2, 0.25) is 11.7 Å². The number of halogens is 5. The monoisotopic (exact) mass is 488 g/mol. The van der Waals surface area contributed by atoms with E-state index in [4.69, 9.17) is 9.05 Å². The van der Waals surface area contributed by atoms with Gasteiger partial charge in [-0.25, -0.2) is 0 Å². The third kappa shape index (κ3) is 6.24. The summed E-state index contributed by atoms with van der Waals surface area (Å²) in [6.07, 6.45) is -5.72. The molecule has 0 fully saturated rings. The molecule has 0 aliphatic carbocycles. The zero-order chi connectivity index (χ0) is 24.2. The number of ether oxygens (including phenoxy) is 1. The van der Waals surface area contributed by atoms with Gasteiger partial charge in [0.05, 0.1) is 19.6 Å². The molecule has 0 aliphatic heterocycles. The Balaban J connectivity index is 2.26. The van der Waals surface area contributed by atoms with Gasteiger partial charge in [0, 0.05) is 5.56 Å². The van der Waals surface area contributed by atoms with E-state index in [1.54, 1.807) is 0 Å². The molecule has 178 valence electrons. The number of hydrogen-bond acceptors (Lipinski definition) is 8. The molecule has 2 rings (SSSR count). The van der Waals surface area contributed by atoms with Crippen LogP contribution in [0.15, 0.2) is 28.8 Å². The third-order valence-electron chi connectivity index (χ3n) is 3.85. The van der Waals surface area contributed by atoms with E-state index in [0.717, 1.165) is 0 Å². The van der Waals surface area contributed by atoms with Crippen molar-refractivity contribution in [3.8, 4) is 5.75 Å². The van der Waals surface area contributed by atoms with E-state index in [2.05, 4.69) is 19.4 Å². The number of aromatic nitrogens is 2. The fourth-order valence-corrected chi connectivity index (χ4v) is 4.34. The second kappa shape index (κ2) is 9.92. The first-order chi connectivity index (χ1) is 14.8. The lowest BCUT2D eigenvalue weighted by Gasteiger charge is -2.22. The number of benzene rings is 1. The molecule has 0 bridgehead atoms. The molecular weight excluding hydrogens is 470 g/mol. The Morgan fingerprint density at radius 2 is 1.69 bits per heavy atom. The molecule has 0 radical (unpaired) electrons. The quantitative estimate of drug-likeness (QED) is 0.363. The van der Waals surface area contributed by atoms with Crippen LogP contribution in [0, 0.1) is 0 Å². The molecule has 15 heteroatoms.